The minimum Gasteiger partial charge on any atom is -0.395 e. The van der Waals surface area contributed by atoms with Crippen LogP contribution in [0.5, 0.6) is 0 Å². The van der Waals surface area contributed by atoms with Crippen LogP contribution in [-0.2, 0) is 6.54 Å². The first kappa shape index (κ1) is 11.1. The molecule has 2 N–H and O–H groups in total. The van der Waals surface area contributed by atoms with E-state index in [-0.39, 0.29) is 12.6 Å². The minimum absolute atomic E-state index is 0.162. The van der Waals surface area contributed by atoms with Gasteiger partial charge in [0.25, 0.3) is 0 Å². The molecular weight excluding hydrogens is 176 g/mol. The summed E-state index contributed by atoms with van der Waals surface area (Å²) in [5, 5.41) is 12.4. The lowest BCUT2D eigenvalue weighted by atomic mass is 10.1. The number of hydrogen-bond donors (Lipinski definition) is 2. The van der Waals surface area contributed by atoms with Crippen LogP contribution >= 0.6 is 0 Å². The summed E-state index contributed by atoms with van der Waals surface area (Å²) >= 11 is 0. The number of aliphatic hydroxyl groups is 1. The first-order valence-corrected chi connectivity index (χ1v) is 4.97. The second-order valence-corrected chi connectivity index (χ2v) is 3.78. The van der Waals surface area contributed by atoms with Gasteiger partial charge in [0.05, 0.1) is 6.61 Å². The number of aromatic nitrogens is 1. The van der Waals surface area contributed by atoms with Crippen LogP contribution in [0, 0.1) is 5.92 Å². The van der Waals surface area contributed by atoms with E-state index in [1.165, 1.54) is 0 Å². The molecule has 0 fully saturated rings. The molecule has 1 aromatic rings. The van der Waals surface area contributed by atoms with E-state index in [4.69, 9.17) is 5.11 Å². The molecule has 1 rings (SSSR count). The smallest absolute Gasteiger partial charge is 0.0587 e. The molecule has 1 atom stereocenters. The Morgan fingerprint density at radius 1 is 1.50 bits per heavy atom. The molecule has 1 aromatic heterocycles. The molecule has 0 bridgehead atoms. The molecule has 0 aromatic carbocycles. The van der Waals surface area contributed by atoms with E-state index in [1.54, 1.807) is 6.20 Å². The van der Waals surface area contributed by atoms with Crippen molar-refractivity contribution in [1.29, 1.82) is 0 Å². The molecular formula is C11H18N2O. The normalized spacial score (nSPS) is 13.1. The summed E-state index contributed by atoms with van der Waals surface area (Å²) in [6, 6.07) is 4.10. The number of pyridine rings is 1. The third-order valence-corrected chi connectivity index (χ3v) is 2.29. The van der Waals surface area contributed by atoms with Crippen LogP contribution < -0.4 is 5.32 Å². The number of nitrogens with one attached hydrogen (secondary N) is 1. The molecule has 0 saturated carbocycles. The van der Waals surface area contributed by atoms with Crippen LogP contribution in [0.15, 0.2) is 24.5 Å². The van der Waals surface area contributed by atoms with Crippen LogP contribution in [0.25, 0.3) is 0 Å². The Hall–Kier alpha value is -0.930. The lowest BCUT2D eigenvalue weighted by Crippen LogP contribution is -2.36. The van der Waals surface area contributed by atoms with Gasteiger partial charge in [-0.05, 0) is 17.5 Å². The van der Waals surface area contributed by atoms with Crippen molar-refractivity contribution in [2.75, 3.05) is 6.61 Å². The second kappa shape index (κ2) is 5.73. The van der Waals surface area contributed by atoms with Gasteiger partial charge in [0.2, 0.25) is 0 Å². The first-order chi connectivity index (χ1) is 6.74. The highest BCUT2D eigenvalue weighted by Gasteiger charge is 2.10. The topological polar surface area (TPSA) is 45.1 Å². The van der Waals surface area contributed by atoms with Crippen molar-refractivity contribution in [2.45, 2.75) is 26.4 Å². The maximum absolute atomic E-state index is 9.10. The third kappa shape index (κ3) is 3.44. The first-order valence-electron chi connectivity index (χ1n) is 4.97. The molecule has 3 heteroatoms. The average molecular weight is 194 g/mol. The zero-order valence-electron chi connectivity index (χ0n) is 8.77. The van der Waals surface area contributed by atoms with E-state index in [0.717, 1.165) is 12.1 Å². The molecule has 0 aliphatic heterocycles. The Balaban J connectivity index is 2.40. The van der Waals surface area contributed by atoms with Gasteiger partial charge in [0.1, 0.15) is 0 Å². The SMILES string of the molecule is CC(C)C(CO)NCc1cccnc1. The predicted molar refractivity (Wildman–Crippen MR) is 56.8 cm³/mol. The highest BCUT2D eigenvalue weighted by molar-refractivity contribution is 5.08. The molecule has 1 heterocycles. The lowest BCUT2D eigenvalue weighted by molar-refractivity contribution is 0.210. The summed E-state index contributed by atoms with van der Waals surface area (Å²) in [4.78, 5) is 4.03. The third-order valence-electron chi connectivity index (χ3n) is 2.29. The Kier molecular flexibility index (Phi) is 4.56. The minimum atomic E-state index is 0.162. The highest BCUT2D eigenvalue weighted by Crippen LogP contribution is 2.02. The van der Waals surface area contributed by atoms with Crippen molar-refractivity contribution in [3.05, 3.63) is 30.1 Å². The molecule has 14 heavy (non-hydrogen) atoms. The van der Waals surface area contributed by atoms with Crippen LogP contribution in [-0.4, -0.2) is 22.7 Å². The number of aliphatic hydroxyl groups excluding tert-OH is 1. The maximum Gasteiger partial charge on any atom is 0.0587 e. The van der Waals surface area contributed by atoms with Gasteiger partial charge in [-0.25, -0.2) is 0 Å². The average Bonchev–Trinajstić information content (AvgIpc) is 2.20. The molecule has 3 nitrogen and oxygen atoms in total. The number of hydrogen-bond acceptors (Lipinski definition) is 3. The van der Waals surface area contributed by atoms with Crippen LogP contribution in [0.2, 0.25) is 0 Å². The summed E-state index contributed by atoms with van der Waals surface area (Å²) in [7, 11) is 0. The van der Waals surface area contributed by atoms with Gasteiger partial charge >= 0.3 is 0 Å². The van der Waals surface area contributed by atoms with Gasteiger partial charge in [0, 0.05) is 25.0 Å². The van der Waals surface area contributed by atoms with E-state index in [1.807, 2.05) is 18.3 Å². The second-order valence-electron chi connectivity index (χ2n) is 3.78. The molecule has 78 valence electrons. The maximum atomic E-state index is 9.10. The fraction of sp³-hybridized carbons (Fsp3) is 0.545. The van der Waals surface area contributed by atoms with Crippen LogP contribution in [0.3, 0.4) is 0 Å². The summed E-state index contributed by atoms with van der Waals surface area (Å²) in [6.07, 6.45) is 3.59. The summed E-state index contributed by atoms with van der Waals surface area (Å²) in [5.41, 5.74) is 1.15. The standard InChI is InChI=1S/C11H18N2O/c1-9(2)11(8-14)13-7-10-4-3-5-12-6-10/h3-6,9,11,13-14H,7-8H2,1-2H3. The van der Waals surface area contributed by atoms with Crippen molar-refractivity contribution in [2.24, 2.45) is 5.92 Å². The zero-order chi connectivity index (χ0) is 10.4. The van der Waals surface area contributed by atoms with Gasteiger partial charge < -0.3 is 10.4 Å². The largest absolute Gasteiger partial charge is 0.395 e. The van der Waals surface area contributed by atoms with Gasteiger partial charge in [0.15, 0.2) is 0 Å². The molecule has 0 amide bonds. The van der Waals surface area contributed by atoms with Crippen molar-refractivity contribution >= 4 is 0 Å². The molecule has 0 aliphatic carbocycles. The quantitative estimate of drug-likeness (QED) is 0.740. The van der Waals surface area contributed by atoms with Gasteiger partial charge in [-0.3, -0.25) is 4.98 Å². The van der Waals surface area contributed by atoms with Crippen LogP contribution in [0.1, 0.15) is 19.4 Å². The zero-order valence-corrected chi connectivity index (χ0v) is 8.77. The van der Waals surface area contributed by atoms with Crippen molar-refractivity contribution in [1.82, 2.24) is 10.3 Å². The highest BCUT2D eigenvalue weighted by atomic mass is 16.3. The van der Waals surface area contributed by atoms with E-state index in [9.17, 15) is 0 Å². The van der Waals surface area contributed by atoms with Crippen molar-refractivity contribution in [3.63, 3.8) is 0 Å². The van der Waals surface area contributed by atoms with E-state index >= 15 is 0 Å². The number of nitrogens with zero attached hydrogens (tertiary/aromatic N) is 1. The Morgan fingerprint density at radius 3 is 2.79 bits per heavy atom. The summed E-state index contributed by atoms with van der Waals surface area (Å²) < 4.78 is 0. The molecule has 1 unspecified atom stereocenters. The molecule has 0 aliphatic rings. The lowest BCUT2D eigenvalue weighted by Gasteiger charge is -2.19. The monoisotopic (exact) mass is 194 g/mol. The Labute approximate surface area is 85.2 Å². The van der Waals surface area contributed by atoms with E-state index < -0.39 is 0 Å². The number of rotatable bonds is 5. The van der Waals surface area contributed by atoms with E-state index in [0.29, 0.717) is 5.92 Å². The summed E-state index contributed by atoms with van der Waals surface area (Å²) in [6.45, 7) is 5.13. The van der Waals surface area contributed by atoms with E-state index in [2.05, 4.69) is 24.1 Å². The fourth-order valence-corrected chi connectivity index (χ4v) is 1.26. The molecule has 0 spiro atoms. The van der Waals surface area contributed by atoms with Gasteiger partial charge in [-0.1, -0.05) is 19.9 Å². The Morgan fingerprint density at radius 2 is 2.29 bits per heavy atom. The fourth-order valence-electron chi connectivity index (χ4n) is 1.26. The van der Waals surface area contributed by atoms with Crippen molar-refractivity contribution < 1.29 is 5.11 Å². The van der Waals surface area contributed by atoms with Crippen LogP contribution in [0.4, 0.5) is 0 Å². The Bertz CT molecular complexity index is 249. The van der Waals surface area contributed by atoms with Gasteiger partial charge in [-0.15, -0.1) is 0 Å². The summed E-state index contributed by atoms with van der Waals surface area (Å²) in [5.74, 6) is 0.441. The van der Waals surface area contributed by atoms with Gasteiger partial charge in [-0.2, -0.15) is 0 Å². The molecule has 0 radical (unpaired) electrons. The van der Waals surface area contributed by atoms with Crippen molar-refractivity contribution in [3.8, 4) is 0 Å². The molecule has 0 saturated heterocycles. The predicted octanol–water partition coefficient (Wildman–Crippen LogP) is 1.19.